The second kappa shape index (κ2) is 9.90. The summed E-state index contributed by atoms with van der Waals surface area (Å²) in [5.74, 6) is -0.268. The molecule has 0 saturated heterocycles. The maximum absolute atomic E-state index is 12.4. The lowest BCUT2D eigenvalue weighted by Crippen LogP contribution is -2.15. The summed E-state index contributed by atoms with van der Waals surface area (Å²) in [6.45, 7) is 3.66. The highest BCUT2D eigenvalue weighted by Crippen LogP contribution is 2.24. The second-order valence-corrected chi connectivity index (χ2v) is 7.99. The number of hydrogen-bond donors (Lipinski definition) is 2. The standard InChI is InChI=1S/C23H21N3O4S/c1-15-6-8-17(9-7-15)23(28)24-18-4-3-5-20(13-18)31-14-22(27)25-21-11-10-19(26(29)30)12-16(21)2/h3-13H,14H2,1-2H3,(H,24,28)(H,25,27). The summed E-state index contributed by atoms with van der Waals surface area (Å²) in [5.41, 5.74) is 3.43. The van der Waals surface area contributed by atoms with Crippen molar-refractivity contribution in [3.8, 4) is 0 Å². The molecule has 0 aliphatic heterocycles. The molecule has 0 aliphatic carbocycles. The first-order valence-corrected chi connectivity index (χ1v) is 10.5. The van der Waals surface area contributed by atoms with Crippen LogP contribution in [0.5, 0.6) is 0 Å². The number of nitrogens with one attached hydrogen (secondary N) is 2. The van der Waals surface area contributed by atoms with Gasteiger partial charge in [0.1, 0.15) is 0 Å². The molecule has 0 saturated carbocycles. The highest BCUT2D eigenvalue weighted by Gasteiger charge is 2.11. The molecule has 0 fully saturated rings. The van der Waals surface area contributed by atoms with Gasteiger partial charge in [0.15, 0.2) is 0 Å². The third-order valence-corrected chi connectivity index (χ3v) is 5.46. The van der Waals surface area contributed by atoms with Crippen LogP contribution in [0.4, 0.5) is 17.1 Å². The molecular weight excluding hydrogens is 414 g/mol. The molecule has 3 aromatic rings. The summed E-state index contributed by atoms with van der Waals surface area (Å²) in [7, 11) is 0. The molecule has 0 aliphatic rings. The monoisotopic (exact) mass is 435 g/mol. The summed E-state index contributed by atoms with van der Waals surface area (Å²) >= 11 is 1.33. The van der Waals surface area contributed by atoms with Crippen LogP contribution in [-0.2, 0) is 4.79 Å². The zero-order valence-electron chi connectivity index (χ0n) is 17.0. The number of amides is 2. The summed E-state index contributed by atoms with van der Waals surface area (Å²) < 4.78 is 0. The van der Waals surface area contributed by atoms with Gasteiger partial charge in [-0.2, -0.15) is 0 Å². The van der Waals surface area contributed by atoms with Crippen LogP contribution in [0.15, 0.2) is 71.6 Å². The molecule has 7 nitrogen and oxygen atoms in total. The first-order chi connectivity index (χ1) is 14.8. The van der Waals surface area contributed by atoms with Gasteiger partial charge in [-0.05, 0) is 55.8 Å². The first kappa shape index (κ1) is 22.0. The van der Waals surface area contributed by atoms with Crippen molar-refractivity contribution in [2.24, 2.45) is 0 Å². The van der Waals surface area contributed by atoms with E-state index in [1.807, 2.05) is 31.2 Å². The number of thioether (sulfide) groups is 1. The lowest BCUT2D eigenvalue weighted by molar-refractivity contribution is -0.384. The topological polar surface area (TPSA) is 101 Å². The first-order valence-electron chi connectivity index (χ1n) is 9.47. The Morgan fingerprint density at radius 3 is 2.39 bits per heavy atom. The van der Waals surface area contributed by atoms with E-state index in [0.29, 0.717) is 22.5 Å². The van der Waals surface area contributed by atoms with Crippen LogP contribution in [0, 0.1) is 24.0 Å². The normalized spacial score (nSPS) is 10.4. The fraction of sp³-hybridized carbons (Fsp3) is 0.130. The molecule has 0 aromatic heterocycles. The Hall–Kier alpha value is -3.65. The number of carbonyl (C=O) groups excluding carboxylic acids is 2. The van der Waals surface area contributed by atoms with Crippen LogP contribution in [0.1, 0.15) is 21.5 Å². The number of aryl methyl sites for hydroxylation is 2. The number of nitrogens with zero attached hydrogens (tertiary/aromatic N) is 1. The van der Waals surface area contributed by atoms with E-state index >= 15 is 0 Å². The number of anilines is 2. The zero-order valence-corrected chi connectivity index (χ0v) is 17.9. The molecule has 3 rings (SSSR count). The molecular formula is C23H21N3O4S. The quantitative estimate of drug-likeness (QED) is 0.302. The van der Waals surface area contributed by atoms with E-state index in [1.54, 1.807) is 31.2 Å². The van der Waals surface area contributed by atoms with Gasteiger partial charge in [0.05, 0.1) is 10.7 Å². The highest BCUT2D eigenvalue weighted by atomic mass is 32.2. The minimum Gasteiger partial charge on any atom is -0.325 e. The number of nitro benzene ring substituents is 1. The SMILES string of the molecule is Cc1ccc(C(=O)Nc2cccc(SCC(=O)Nc3ccc([N+](=O)[O-])cc3C)c2)cc1. The van der Waals surface area contributed by atoms with Gasteiger partial charge in [-0.3, -0.25) is 19.7 Å². The third-order valence-electron chi connectivity index (χ3n) is 4.47. The lowest BCUT2D eigenvalue weighted by Gasteiger charge is -2.09. The van der Waals surface area contributed by atoms with Gasteiger partial charge in [0, 0.05) is 34.0 Å². The molecule has 2 amide bonds. The van der Waals surface area contributed by atoms with Crippen molar-refractivity contribution in [2.45, 2.75) is 18.7 Å². The van der Waals surface area contributed by atoms with Crippen molar-refractivity contribution < 1.29 is 14.5 Å². The van der Waals surface area contributed by atoms with Crippen LogP contribution in [-0.4, -0.2) is 22.5 Å². The van der Waals surface area contributed by atoms with E-state index in [0.717, 1.165) is 10.5 Å². The Kier molecular flexibility index (Phi) is 7.04. The van der Waals surface area contributed by atoms with Gasteiger partial charge < -0.3 is 10.6 Å². The number of hydrogen-bond acceptors (Lipinski definition) is 5. The number of non-ortho nitro benzene ring substituents is 1. The van der Waals surface area contributed by atoms with Crippen molar-refractivity contribution >= 4 is 40.6 Å². The summed E-state index contributed by atoms with van der Waals surface area (Å²) in [5, 5.41) is 16.4. The smallest absolute Gasteiger partial charge is 0.269 e. The highest BCUT2D eigenvalue weighted by molar-refractivity contribution is 8.00. The molecule has 0 bridgehead atoms. The number of benzene rings is 3. The molecule has 2 N–H and O–H groups in total. The Labute approximate surface area is 184 Å². The second-order valence-electron chi connectivity index (χ2n) is 6.94. The number of nitro groups is 1. The average Bonchev–Trinajstić information content (AvgIpc) is 2.74. The molecule has 0 unspecified atom stereocenters. The fourth-order valence-electron chi connectivity index (χ4n) is 2.81. The average molecular weight is 436 g/mol. The summed E-state index contributed by atoms with van der Waals surface area (Å²) in [4.78, 5) is 35.9. The van der Waals surface area contributed by atoms with Crippen LogP contribution in [0.2, 0.25) is 0 Å². The number of carbonyl (C=O) groups is 2. The Bertz CT molecular complexity index is 1130. The minimum absolute atomic E-state index is 0.0191. The van der Waals surface area contributed by atoms with E-state index in [2.05, 4.69) is 10.6 Å². The van der Waals surface area contributed by atoms with Gasteiger partial charge in [0.25, 0.3) is 11.6 Å². The molecule has 0 heterocycles. The van der Waals surface area contributed by atoms with E-state index in [9.17, 15) is 19.7 Å². The predicted molar refractivity (Wildman–Crippen MR) is 123 cm³/mol. The molecule has 158 valence electrons. The fourth-order valence-corrected chi connectivity index (χ4v) is 3.56. The largest absolute Gasteiger partial charge is 0.325 e. The zero-order chi connectivity index (χ0) is 22.4. The van der Waals surface area contributed by atoms with Gasteiger partial charge in [-0.25, -0.2) is 0 Å². The van der Waals surface area contributed by atoms with Gasteiger partial charge in [-0.15, -0.1) is 11.8 Å². The summed E-state index contributed by atoms with van der Waals surface area (Å²) in [6.07, 6.45) is 0. The van der Waals surface area contributed by atoms with Gasteiger partial charge >= 0.3 is 0 Å². The lowest BCUT2D eigenvalue weighted by atomic mass is 10.1. The molecule has 0 atom stereocenters. The van der Waals surface area contributed by atoms with Crippen LogP contribution in [0.25, 0.3) is 0 Å². The van der Waals surface area contributed by atoms with E-state index < -0.39 is 4.92 Å². The predicted octanol–water partition coefficient (Wildman–Crippen LogP) is 5.19. The maximum atomic E-state index is 12.4. The van der Waals surface area contributed by atoms with Crippen LogP contribution < -0.4 is 10.6 Å². The molecule has 31 heavy (non-hydrogen) atoms. The van der Waals surface area contributed by atoms with Crippen molar-refractivity contribution in [1.29, 1.82) is 0 Å². The van der Waals surface area contributed by atoms with Crippen molar-refractivity contribution in [3.63, 3.8) is 0 Å². The van der Waals surface area contributed by atoms with Crippen LogP contribution >= 0.6 is 11.8 Å². The molecule has 3 aromatic carbocycles. The van der Waals surface area contributed by atoms with E-state index in [1.165, 1.54) is 30.0 Å². The third kappa shape index (κ3) is 6.16. The maximum Gasteiger partial charge on any atom is 0.269 e. The van der Waals surface area contributed by atoms with Crippen molar-refractivity contribution in [1.82, 2.24) is 0 Å². The molecule has 0 spiro atoms. The Morgan fingerprint density at radius 2 is 1.71 bits per heavy atom. The Balaban J connectivity index is 1.57. The Morgan fingerprint density at radius 1 is 0.968 bits per heavy atom. The van der Waals surface area contributed by atoms with Crippen molar-refractivity contribution in [2.75, 3.05) is 16.4 Å². The van der Waals surface area contributed by atoms with Gasteiger partial charge in [-0.1, -0.05) is 23.8 Å². The van der Waals surface area contributed by atoms with E-state index in [4.69, 9.17) is 0 Å². The van der Waals surface area contributed by atoms with E-state index in [-0.39, 0.29) is 23.3 Å². The summed E-state index contributed by atoms with van der Waals surface area (Å²) in [6, 6.07) is 18.9. The molecule has 8 heteroatoms. The minimum atomic E-state index is -0.473. The number of rotatable bonds is 7. The van der Waals surface area contributed by atoms with Crippen molar-refractivity contribution in [3.05, 3.63) is 93.5 Å². The molecule has 0 radical (unpaired) electrons. The van der Waals surface area contributed by atoms with Crippen LogP contribution in [0.3, 0.4) is 0 Å². The van der Waals surface area contributed by atoms with Gasteiger partial charge in [0.2, 0.25) is 5.91 Å².